The van der Waals surface area contributed by atoms with Crippen LogP contribution in [0.25, 0.3) is 11.0 Å². The summed E-state index contributed by atoms with van der Waals surface area (Å²) in [5.74, 6) is -0.251. The van der Waals surface area contributed by atoms with Gasteiger partial charge in [-0.05, 0) is 54.4 Å². The summed E-state index contributed by atoms with van der Waals surface area (Å²) < 4.78 is 18.4. The van der Waals surface area contributed by atoms with Gasteiger partial charge in [0, 0.05) is 29.6 Å². The van der Waals surface area contributed by atoms with Gasteiger partial charge in [0.15, 0.2) is 0 Å². The third-order valence-electron chi connectivity index (χ3n) is 4.18. The molecule has 0 radical (unpaired) electrons. The van der Waals surface area contributed by atoms with E-state index in [1.165, 1.54) is 18.2 Å². The highest BCUT2D eigenvalue weighted by Crippen LogP contribution is 2.27. The highest BCUT2D eigenvalue weighted by Gasteiger charge is 2.11. The Morgan fingerprint density at radius 1 is 1.08 bits per heavy atom. The molecule has 130 valence electrons. The van der Waals surface area contributed by atoms with Crippen molar-refractivity contribution in [1.82, 2.24) is 4.90 Å². The predicted molar refractivity (Wildman–Crippen MR) is 98.4 cm³/mol. The van der Waals surface area contributed by atoms with Crippen molar-refractivity contribution >= 4 is 22.6 Å². The van der Waals surface area contributed by atoms with Crippen LogP contribution < -0.4 is 5.63 Å². The Balaban J connectivity index is 1.90. The molecule has 1 aromatic heterocycles. The van der Waals surface area contributed by atoms with Crippen LogP contribution in [-0.4, -0.2) is 11.9 Å². The van der Waals surface area contributed by atoms with Gasteiger partial charge in [0.05, 0.1) is 0 Å². The first-order valence-corrected chi connectivity index (χ1v) is 8.52. The van der Waals surface area contributed by atoms with Crippen molar-refractivity contribution in [3.05, 3.63) is 80.4 Å². The first kappa shape index (κ1) is 17.6. The van der Waals surface area contributed by atoms with Crippen LogP contribution in [0.15, 0.2) is 51.7 Å². The molecule has 0 unspecified atom stereocenters. The Labute approximate surface area is 150 Å². The number of hydrogen-bond donors (Lipinski definition) is 0. The van der Waals surface area contributed by atoms with Crippen LogP contribution in [0.1, 0.15) is 23.6 Å². The van der Waals surface area contributed by atoms with Crippen molar-refractivity contribution in [1.29, 1.82) is 0 Å². The zero-order valence-corrected chi connectivity index (χ0v) is 14.9. The Bertz CT molecular complexity index is 950. The van der Waals surface area contributed by atoms with Gasteiger partial charge < -0.3 is 4.42 Å². The van der Waals surface area contributed by atoms with Crippen LogP contribution in [-0.2, 0) is 19.5 Å². The minimum absolute atomic E-state index is 0.251. The maximum Gasteiger partial charge on any atom is 0.336 e. The molecule has 0 spiro atoms. The number of benzene rings is 2. The van der Waals surface area contributed by atoms with E-state index in [9.17, 15) is 9.18 Å². The van der Waals surface area contributed by atoms with Crippen molar-refractivity contribution < 1.29 is 8.81 Å². The number of aryl methyl sites for hydroxylation is 1. The van der Waals surface area contributed by atoms with E-state index >= 15 is 0 Å². The molecule has 0 aliphatic carbocycles. The quantitative estimate of drug-likeness (QED) is 0.615. The molecule has 0 aliphatic heterocycles. The van der Waals surface area contributed by atoms with Crippen LogP contribution in [0.5, 0.6) is 0 Å². The minimum Gasteiger partial charge on any atom is -0.423 e. The fraction of sp³-hybridized carbons (Fsp3) is 0.250. The lowest BCUT2D eigenvalue weighted by molar-refractivity contribution is 0.319. The molecule has 0 amide bonds. The highest BCUT2D eigenvalue weighted by atomic mass is 35.5. The number of nitrogens with zero attached hydrogens (tertiary/aromatic N) is 1. The number of halogens is 2. The average molecular weight is 360 g/mol. The lowest BCUT2D eigenvalue weighted by atomic mass is 10.1. The molecule has 0 saturated heterocycles. The second kappa shape index (κ2) is 7.38. The lowest BCUT2D eigenvalue weighted by Gasteiger charge is -2.18. The first-order valence-electron chi connectivity index (χ1n) is 8.14. The summed E-state index contributed by atoms with van der Waals surface area (Å²) in [5, 5.41) is 1.51. The zero-order chi connectivity index (χ0) is 18.0. The molecular formula is C20H19ClFNO2. The van der Waals surface area contributed by atoms with Crippen molar-refractivity contribution in [3.63, 3.8) is 0 Å². The van der Waals surface area contributed by atoms with E-state index in [0.29, 0.717) is 23.7 Å². The molecule has 3 nitrogen and oxygen atoms in total. The summed E-state index contributed by atoms with van der Waals surface area (Å²) in [7, 11) is 1.95. The minimum atomic E-state index is -0.373. The largest absolute Gasteiger partial charge is 0.423 e. The van der Waals surface area contributed by atoms with E-state index in [2.05, 4.69) is 4.90 Å². The maximum absolute atomic E-state index is 13.0. The van der Waals surface area contributed by atoms with Crippen molar-refractivity contribution in [3.8, 4) is 0 Å². The molecule has 0 atom stereocenters. The molecule has 5 heteroatoms. The molecule has 1 heterocycles. The van der Waals surface area contributed by atoms with E-state index in [-0.39, 0.29) is 11.4 Å². The molecule has 3 aromatic rings. The van der Waals surface area contributed by atoms with E-state index in [1.54, 1.807) is 12.1 Å². The highest BCUT2D eigenvalue weighted by molar-refractivity contribution is 6.32. The van der Waals surface area contributed by atoms with Gasteiger partial charge in [0.2, 0.25) is 0 Å². The van der Waals surface area contributed by atoms with Crippen molar-refractivity contribution in [2.24, 2.45) is 0 Å². The standard InChI is InChI=1S/C20H19ClFNO2/c1-3-14-8-19-17(10-18(14)21)15(9-20(24)25-19)12-23(2)11-13-4-6-16(22)7-5-13/h4-10H,3,11-12H2,1-2H3. The first-order chi connectivity index (χ1) is 12.0. The SMILES string of the molecule is CCc1cc2oc(=O)cc(CN(C)Cc3ccc(F)cc3)c2cc1Cl. The zero-order valence-electron chi connectivity index (χ0n) is 14.2. The molecule has 0 saturated carbocycles. The Hall–Kier alpha value is -2.17. The van der Waals surface area contributed by atoms with Crippen LogP contribution in [0.2, 0.25) is 5.02 Å². The average Bonchev–Trinajstić information content (AvgIpc) is 2.57. The molecule has 2 aromatic carbocycles. The fourth-order valence-electron chi connectivity index (χ4n) is 2.94. The summed E-state index contributed by atoms with van der Waals surface area (Å²) in [5.41, 5.74) is 3.00. The van der Waals surface area contributed by atoms with Crippen molar-refractivity contribution in [2.45, 2.75) is 26.4 Å². The van der Waals surface area contributed by atoms with Gasteiger partial charge in [-0.1, -0.05) is 30.7 Å². The van der Waals surface area contributed by atoms with Crippen LogP contribution in [0.3, 0.4) is 0 Å². The Morgan fingerprint density at radius 2 is 1.80 bits per heavy atom. The van der Waals surface area contributed by atoms with Gasteiger partial charge in [-0.25, -0.2) is 9.18 Å². The Kier molecular flexibility index (Phi) is 5.21. The smallest absolute Gasteiger partial charge is 0.336 e. The molecule has 25 heavy (non-hydrogen) atoms. The molecule has 0 N–H and O–H groups in total. The van der Waals surface area contributed by atoms with Crippen LogP contribution in [0, 0.1) is 5.82 Å². The topological polar surface area (TPSA) is 33.5 Å². The van der Waals surface area contributed by atoms with Crippen LogP contribution >= 0.6 is 11.6 Å². The number of rotatable bonds is 5. The van der Waals surface area contributed by atoms with E-state index in [4.69, 9.17) is 16.0 Å². The maximum atomic E-state index is 13.0. The summed E-state index contributed by atoms with van der Waals surface area (Å²) in [6.07, 6.45) is 0.771. The summed E-state index contributed by atoms with van der Waals surface area (Å²) in [6.45, 7) is 3.20. The fourth-order valence-corrected chi connectivity index (χ4v) is 3.24. The summed E-state index contributed by atoms with van der Waals surface area (Å²) >= 11 is 6.33. The van der Waals surface area contributed by atoms with Gasteiger partial charge >= 0.3 is 5.63 Å². The number of hydrogen-bond acceptors (Lipinski definition) is 3. The van der Waals surface area contributed by atoms with Gasteiger partial charge in [-0.15, -0.1) is 0 Å². The van der Waals surface area contributed by atoms with Gasteiger partial charge in [0.1, 0.15) is 11.4 Å². The second-order valence-electron chi connectivity index (χ2n) is 6.18. The van der Waals surface area contributed by atoms with E-state index < -0.39 is 0 Å². The third-order valence-corrected chi connectivity index (χ3v) is 4.54. The summed E-state index contributed by atoms with van der Waals surface area (Å²) in [6, 6.07) is 11.6. The van der Waals surface area contributed by atoms with Gasteiger partial charge in [0.25, 0.3) is 0 Å². The Morgan fingerprint density at radius 3 is 2.48 bits per heavy atom. The monoisotopic (exact) mass is 359 g/mol. The molecule has 0 aliphatic rings. The number of fused-ring (bicyclic) bond motifs is 1. The summed E-state index contributed by atoms with van der Waals surface area (Å²) in [4.78, 5) is 14.0. The van der Waals surface area contributed by atoms with Crippen molar-refractivity contribution in [2.75, 3.05) is 7.05 Å². The van der Waals surface area contributed by atoms with Crippen LogP contribution in [0.4, 0.5) is 4.39 Å². The lowest BCUT2D eigenvalue weighted by Crippen LogP contribution is -2.18. The van der Waals surface area contributed by atoms with Gasteiger partial charge in [-0.2, -0.15) is 0 Å². The van der Waals surface area contributed by atoms with E-state index in [0.717, 1.165) is 28.5 Å². The normalized spacial score (nSPS) is 11.4. The predicted octanol–water partition coefficient (Wildman–Crippen LogP) is 4.78. The molecular weight excluding hydrogens is 341 g/mol. The van der Waals surface area contributed by atoms with Gasteiger partial charge in [-0.3, -0.25) is 4.90 Å². The van der Waals surface area contributed by atoms with E-state index in [1.807, 2.05) is 26.1 Å². The molecule has 0 bridgehead atoms. The molecule has 0 fully saturated rings. The third kappa shape index (κ3) is 4.09. The second-order valence-corrected chi connectivity index (χ2v) is 6.59. The molecule has 3 rings (SSSR count).